The number of nitrogens with zero attached hydrogens (tertiary/aromatic N) is 1. The molecule has 0 fully saturated rings. The molecule has 0 saturated carbocycles. The summed E-state index contributed by atoms with van der Waals surface area (Å²) in [5, 5.41) is 2.99. The van der Waals surface area contributed by atoms with E-state index in [4.69, 9.17) is 27.9 Å². The van der Waals surface area contributed by atoms with Crippen LogP contribution in [0.5, 0.6) is 5.75 Å². The Balaban J connectivity index is 2.21. The maximum atomic E-state index is 11.7. The Hall–Kier alpha value is -1.10. The second-order valence-electron chi connectivity index (χ2n) is 3.19. The number of aryl methyl sites for hydroxylation is 1. The number of benzene rings is 1. The van der Waals surface area contributed by atoms with Crippen molar-refractivity contribution in [3.8, 4) is 5.75 Å². The number of hydrogen-bond donors (Lipinski definition) is 0. The van der Waals surface area contributed by atoms with E-state index in [1.165, 1.54) is 11.3 Å². The van der Waals surface area contributed by atoms with E-state index in [1.807, 2.05) is 6.92 Å². The molecule has 0 atom stereocenters. The lowest BCUT2D eigenvalue weighted by atomic mass is 10.3. The average Bonchev–Trinajstić information content (AvgIpc) is 2.72. The van der Waals surface area contributed by atoms with Crippen LogP contribution in [0, 0.1) is 6.92 Å². The maximum absolute atomic E-state index is 11.7. The predicted octanol–water partition coefficient (Wildman–Crippen LogP) is 3.98. The summed E-state index contributed by atoms with van der Waals surface area (Å²) < 4.78 is 5.11. The third-order valence-corrected chi connectivity index (χ3v) is 3.52. The minimum absolute atomic E-state index is 0.217. The van der Waals surface area contributed by atoms with Crippen LogP contribution < -0.4 is 4.74 Å². The molecule has 0 radical (unpaired) electrons. The van der Waals surface area contributed by atoms with Crippen LogP contribution in [-0.4, -0.2) is 11.0 Å². The molecule has 88 valence electrons. The number of rotatable bonds is 2. The summed E-state index contributed by atoms with van der Waals surface area (Å²) in [5.74, 6) is -0.312. The summed E-state index contributed by atoms with van der Waals surface area (Å²) in [4.78, 5) is 15.7. The molecule has 0 spiro atoms. The van der Waals surface area contributed by atoms with Crippen molar-refractivity contribution >= 4 is 40.5 Å². The van der Waals surface area contributed by atoms with Crippen molar-refractivity contribution in [2.24, 2.45) is 0 Å². The Bertz CT molecular complexity index is 568. The van der Waals surface area contributed by atoms with Crippen molar-refractivity contribution in [3.05, 3.63) is 44.3 Å². The summed E-state index contributed by atoms with van der Waals surface area (Å²) in [6, 6.07) is 4.85. The number of hydrogen-bond acceptors (Lipinski definition) is 4. The molecule has 6 heteroatoms. The summed E-state index contributed by atoms with van der Waals surface area (Å²) in [6.07, 6.45) is 0. The van der Waals surface area contributed by atoms with Crippen LogP contribution in [0.25, 0.3) is 0 Å². The summed E-state index contributed by atoms with van der Waals surface area (Å²) in [7, 11) is 0. The van der Waals surface area contributed by atoms with Gasteiger partial charge in [-0.3, -0.25) is 0 Å². The lowest BCUT2D eigenvalue weighted by molar-refractivity contribution is 0.0729. The molecule has 0 aliphatic rings. The molecule has 0 bridgehead atoms. The molecular formula is C11H7Cl2NO2S. The smallest absolute Gasteiger partial charge is 0.363 e. The zero-order valence-corrected chi connectivity index (χ0v) is 11.1. The summed E-state index contributed by atoms with van der Waals surface area (Å²) in [5.41, 5.74) is 0.267. The van der Waals surface area contributed by atoms with Gasteiger partial charge in [0.2, 0.25) is 0 Å². The maximum Gasteiger partial charge on any atom is 0.363 e. The Kier molecular flexibility index (Phi) is 3.66. The molecule has 0 amide bonds. The molecule has 2 aromatic rings. The number of carbonyl (C=O) groups is 1. The zero-order chi connectivity index (χ0) is 12.4. The van der Waals surface area contributed by atoms with Gasteiger partial charge in [0, 0.05) is 5.38 Å². The summed E-state index contributed by atoms with van der Waals surface area (Å²) in [6.45, 7) is 1.81. The van der Waals surface area contributed by atoms with Crippen molar-refractivity contribution < 1.29 is 9.53 Å². The van der Waals surface area contributed by atoms with E-state index in [-0.39, 0.29) is 16.5 Å². The number of ether oxygens (including phenoxy) is 1. The number of halogens is 2. The minimum atomic E-state index is -0.543. The molecule has 1 aromatic carbocycles. The first-order valence-corrected chi connectivity index (χ1v) is 6.30. The van der Waals surface area contributed by atoms with Gasteiger partial charge in [0.1, 0.15) is 5.02 Å². The number of thiazole rings is 1. The third-order valence-electron chi connectivity index (χ3n) is 1.95. The quantitative estimate of drug-likeness (QED) is 0.620. The second-order valence-corrected chi connectivity index (χ2v) is 5.04. The lowest BCUT2D eigenvalue weighted by Gasteiger charge is -2.05. The molecule has 17 heavy (non-hydrogen) atoms. The molecule has 1 aromatic heterocycles. The van der Waals surface area contributed by atoms with Gasteiger partial charge in [0.25, 0.3) is 0 Å². The van der Waals surface area contributed by atoms with E-state index >= 15 is 0 Å². The lowest BCUT2D eigenvalue weighted by Crippen LogP contribution is -2.09. The van der Waals surface area contributed by atoms with Crippen molar-refractivity contribution in [2.75, 3.05) is 0 Å². The highest BCUT2D eigenvalue weighted by molar-refractivity contribution is 7.09. The number of carbonyl (C=O) groups excluding carboxylic acids is 1. The standard InChI is InChI=1S/C11H7Cl2NO2S/c1-6-14-8(5-17-6)11(15)16-9-4-2-3-7(12)10(9)13/h2-5H,1H3. The molecule has 3 nitrogen and oxygen atoms in total. The Labute approximate surface area is 112 Å². The van der Waals surface area contributed by atoms with Crippen LogP contribution in [0.15, 0.2) is 23.6 Å². The van der Waals surface area contributed by atoms with Gasteiger partial charge in [0.15, 0.2) is 11.4 Å². The molecular weight excluding hydrogens is 281 g/mol. The van der Waals surface area contributed by atoms with Gasteiger partial charge in [-0.2, -0.15) is 0 Å². The normalized spacial score (nSPS) is 10.3. The fourth-order valence-electron chi connectivity index (χ4n) is 1.17. The highest BCUT2D eigenvalue weighted by Crippen LogP contribution is 2.31. The van der Waals surface area contributed by atoms with E-state index in [1.54, 1.807) is 23.6 Å². The minimum Gasteiger partial charge on any atom is -0.420 e. The van der Waals surface area contributed by atoms with Crippen molar-refractivity contribution in [2.45, 2.75) is 6.92 Å². The van der Waals surface area contributed by atoms with Gasteiger partial charge in [-0.15, -0.1) is 11.3 Å². The molecule has 1 heterocycles. The van der Waals surface area contributed by atoms with E-state index in [2.05, 4.69) is 4.98 Å². The van der Waals surface area contributed by atoms with Gasteiger partial charge < -0.3 is 4.74 Å². The van der Waals surface area contributed by atoms with Crippen LogP contribution in [0.2, 0.25) is 10.0 Å². The van der Waals surface area contributed by atoms with Gasteiger partial charge in [-0.25, -0.2) is 9.78 Å². The molecule has 0 saturated heterocycles. The van der Waals surface area contributed by atoms with Gasteiger partial charge in [-0.05, 0) is 19.1 Å². The van der Waals surface area contributed by atoms with Gasteiger partial charge in [-0.1, -0.05) is 29.3 Å². The molecule has 0 unspecified atom stereocenters. The van der Waals surface area contributed by atoms with E-state index in [0.717, 1.165) is 5.01 Å². The van der Waals surface area contributed by atoms with Crippen LogP contribution in [0.1, 0.15) is 15.5 Å². The molecule has 0 aliphatic carbocycles. The Morgan fingerprint density at radius 1 is 1.41 bits per heavy atom. The Morgan fingerprint density at radius 3 is 2.82 bits per heavy atom. The fourth-order valence-corrected chi connectivity index (χ4v) is 2.08. The monoisotopic (exact) mass is 287 g/mol. The zero-order valence-electron chi connectivity index (χ0n) is 8.74. The van der Waals surface area contributed by atoms with Crippen LogP contribution in [0.3, 0.4) is 0 Å². The van der Waals surface area contributed by atoms with E-state index in [9.17, 15) is 4.79 Å². The number of esters is 1. The van der Waals surface area contributed by atoms with E-state index < -0.39 is 5.97 Å². The predicted molar refractivity (Wildman–Crippen MR) is 68.3 cm³/mol. The SMILES string of the molecule is Cc1nc(C(=O)Oc2cccc(Cl)c2Cl)cs1. The van der Waals surface area contributed by atoms with Crippen molar-refractivity contribution in [1.82, 2.24) is 4.98 Å². The third kappa shape index (κ3) is 2.77. The highest BCUT2D eigenvalue weighted by atomic mass is 35.5. The number of aromatic nitrogens is 1. The van der Waals surface area contributed by atoms with Crippen LogP contribution >= 0.6 is 34.5 Å². The van der Waals surface area contributed by atoms with Gasteiger partial charge >= 0.3 is 5.97 Å². The van der Waals surface area contributed by atoms with Crippen molar-refractivity contribution in [1.29, 1.82) is 0 Å². The van der Waals surface area contributed by atoms with Crippen LogP contribution in [0.4, 0.5) is 0 Å². The van der Waals surface area contributed by atoms with Crippen LogP contribution in [-0.2, 0) is 0 Å². The molecule has 0 aliphatic heterocycles. The first-order valence-electron chi connectivity index (χ1n) is 4.66. The second kappa shape index (κ2) is 5.04. The van der Waals surface area contributed by atoms with Gasteiger partial charge in [0.05, 0.1) is 10.0 Å². The molecule has 0 N–H and O–H groups in total. The highest BCUT2D eigenvalue weighted by Gasteiger charge is 2.14. The fraction of sp³-hybridized carbons (Fsp3) is 0.0909. The summed E-state index contributed by atoms with van der Waals surface area (Å²) >= 11 is 13.1. The topological polar surface area (TPSA) is 39.2 Å². The molecule has 2 rings (SSSR count). The Morgan fingerprint density at radius 2 is 2.18 bits per heavy atom. The largest absolute Gasteiger partial charge is 0.420 e. The first kappa shape index (κ1) is 12.4. The first-order chi connectivity index (χ1) is 8.08. The van der Waals surface area contributed by atoms with E-state index in [0.29, 0.717) is 5.02 Å². The average molecular weight is 288 g/mol. The van der Waals surface area contributed by atoms with Crippen molar-refractivity contribution in [3.63, 3.8) is 0 Å².